The van der Waals surface area contributed by atoms with Gasteiger partial charge >= 0.3 is 6.16 Å². The Hall–Kier alpha value is -4.25. The van der Waals surface area contributed by atoms with E-state index in [0.717, 1.165) is 10.5 Å². The highest BCUT2D eigenvalue weighted by molar-refractivity contribution is 6.06. The smallest absolute Gasteiger partial charge is 0.450 e. The summed E-state index contributed by atoms with van der Waals surface area (Å²) in [5, 5.41) is 17.4. The van der Waals surface area contributed by atoms with Gasteiger partial charge in [-0.25, -0.2) is 4.79 Å². The number of nitrogens with one attached hydrogen (secondary N) is 1. The van der Waals surface area contributed by atoms with Crippen molar-refractivity contribution in [2.75, 3.05) is 6.54 Å². The first kappa shape index (κ1) is 24.9. The maximum absolute atomic E-state index is 13.8. The van der Waals surface area contributed by atoms with E-state index in [9.17, 15) is 24.3 Å². The van der Waals surface area contributed by atoms with Gasteiger partial charge in [0.25, 0.3) is 0 Å². The number of imide groups is 1. The van der Waals surface area contributed by atoms with Crippen LogP contribution >= 0.6 is 0 Å². The van der Waals surface area contributed by atoms with E-state index in [-0.39, 0.29) is 30.9 Å². The Morgan fingerprint density at radius 2 is 1.69 bits per heavy atom. The number of primary amides is 1. The molecule has 2 aromatic carbocycles. The number of carbonyl (C=O) groups is 4. The van der Waals surface area contributed by atoms with Crippen LogP contribution in [0.15, 0.2) is 54.6 Å². The molecular weight excluding hydrogens is 466 g/mol. The molecular formula is C25H27N5O6. The topological polar surface area (TPSA) is 180 Å². The predicted octanol–water partition coefficient (Wildman–Crippen LogP) is 1.20. The minimum atomic E-state index is -1.90. The maximum Gasteiger partial charge on any atom is 0.507 e. The normalized spacial score (nSPS) is 25.6. The van der Waals surface area contributed by atoms with Gasteiger partial charge in [0, 0.05) is 30.1 Å². The van der Waals surface area contributed by atoms with Crippen molar-refractivity contribution in [3.63, 3.8) is 0 Å². The molecule has 0 radical (unpaired) electrons. The minimum absolute atomic E-state index is 0.0337. The van der Waals surface area contributed by atoms with Crippen LogP contribution in [0, 0.1) is 17.2 Å². The SMILES string of the molecule is CC1C2C(=O)N(Cc3ccccc3)C(=O)C2C(OC(=O)O)(c2ccc(C(=N)N)cc2)N1CCC(N)=O. The number of fused-ring (bicyclic) bond motifs is 1. The number of nitrogens with zero attached hydrogens (tertiary/aromatic N) is 2. The first-order chi connectivity index (χ1) is 17.1. The van der Waals surface area contributed by atoms with E-state index in [0.29, 0.717) is 5.56 Å². The van der Waals surface area contributed by atoms with Crippen molar-refractivity contribution >= 4 is 29.7 Å². The van der Waals surface area contributed by atoms with Gasteiger partial charge in [0.1, 0.15) is 11.8 Å². The fourth-order valence-corrected chi connectivity index (χ4v) is 5.39. The van der Waals surface area contributed by atoms with E-state index in [4.69, 9.17) is 21.6 Å². The minimum Gasteiger partial charge on any atom is -0.450 e. The number of benzene rings is 2. The predicted molar refractivity (Wildman–Crippen MR) is 127 cm³/mol. The zero-order chi connectivity index (χ0) is 26.2. The molecule has 2 fully saturated rings. The summed E-state index contributed by atoms with van der Waals surface area (Å²) in [5.41, 5.74) is 10.4. The molecule has 0 saturated carbocycles. The number of carbonyl (C=O) groups excluding carboxylic acids is 3. The zero-order valence-electron chi connectivity index (χ0n) is 19.6. The molecule has 0 spiro atoms. The summed E-state index contributed by atoms with van der Waals surface area (Å²) in [4.78, 5) is 53.8. The van der Waals surface area contributed by atoms with Crippen LogP contribution in [0.5, 0.6) is 0 Å². The van der Waals surface area contributed by atoms with Gasteiger partial charge in [0.2, 0.25) is 23.4 Å². The van der Waals surface area contributed by atoms with Gasteiger partial charge < -0.3 is 21.3 Å². The number of carboxylic acid groups (broad SMARTS) is 1. The number of hydrogen-bond donors (Lipinski definition) is 4. The average Bonchev–Trinajstić information content (AvgIpc) is 3.23. The van der Waals surface area contributed by atoms with E-state index in [1.165, 1.54) is 24.3 Å². The highest BCUT2D eigenvalue weighted by Gasteiger charge is 2.70. The molecule has 0 bridgehead atoms. The number of ether oxygens (including phenoxy) is 1. The van der Waals surface area contributed by atoms with Crippen LogP contribution in [0.1, 0.15) is 30.0 Å². The van der Waals surface area contributed by atoms with Crippen LogP contribution in [0.4, 0.5) is 4.79 Å². The molecule has 2 aliphatic heterocycles. The van der Waals surface area contributed by atoms with Crippen LogP contribution in [0.25, 0.3) is 0 Å². The van der Waals surface area contributed by atoms with Gasteiger partial charge in [0.15, 0.2) is 0 Å². The Kier molecular flexibility index (Phi) is 6.51. The molecule has 4 unspecified atom stereocenters. The van der Waals surface area contributed by atoms with Gasteiger partial charge in [-0.1, -0.05) is 54.6 Å². The monoisotopic (exact) mass is 493 g/mol. The number of nitrogen functional groups attached to an aromatic ring is 1. The van der Waals surface area contributed by atoms with Gasteiger partial charge in [-0.3, -0.25) is 29.6 Å². The third-order valence-corrected chi connectivity index (χ3v) is 6.94. The molecule has 2 heterocycles. The molecule has 6 N–H and O–H groups in total. The largest absolute Gasteiger partial charge is 0.507 e. The molecule has 2 aliphatic rings. The number of amidine groups is 1. The quantitative estimate of drug-likeness (QED) is 0.183. The summed E-state index contributed by atoms with van der Waals surface area (Å²) in [5.74, 6) is -3.95. The molecule has 11 nitrogen and oxygen atoms in total. The first-order valence-corrected chi connectivity index (χ1v) is 11.4. The van der Waals surface area contributed by atoms with Gasteiger partial charge in [-0.15, -0.1) is 0 Å². The van der Waals surface area contributed by atoms with Gasteiger partial charge in [0.05, 0.1) is 12.5 Å². The molecule has 4 rings (SSSR count). The van der Waals surface area contributed by atoms with E-state index >= 15 is 0 Å². The Morgan fingerprint density at radius 3 is 2.25 bits per heavy atom. The van der Waals surface area contributed by atoms with E-state index in [1.54, 1.807) is 36.1 Å². The highest BCUT2D eigenvalue weighted by atomic mass is 16.7. The molecule has 2 saturated heterocycles. The molecule has 36 heavy (non-hydrogen) atoms. The van der Waals surface area contributed by atoms with Crippen molar-refractivity contribution in [3.05, 3.63) is 71.3 Å². The van der Waals surface area contributed by atoms with Crippen molar-refractivity contribution in [1.29, 1.82) is 5.41 Å². The second-order valence-corrected chi connectivity index (χ2v) is 8.96. The summed E-state index contributed by atoms with van der Waals surface area (Å²) in [6.45, 7) is 1.70. The second kappa shape index (κ2) is 9.42. The van der Waals surface area contributed by atoms with E-state index in [2.05, 4.69) is 0 Å². The fraction of sp³-hybridized carbons (Fsp3) is 0.320. The second-order valence-electron chi connectivity index (χ2n) is 8.96. The molecule has 11 heteroatoms. The molecule has 0 aromatic heterocycles. The Balaban J connectivity index is 1.86. The summed E-state index contributed by atoms with van der Waals surface area (Å²) in [6.07, 6.45) is -1.79. The van der Waals surface area contributed by atoms with E-state index in [1.807, 2.05) is 6.07 Å². The number of nitrogens with two attached hydrogens (primary N) is 2. The van der Waals surface area contributed by atoms with Crippen molar-refractivity contribution in [2.45, 2.75) is 31.7 Å². The number of rotatable bonds is 8. The standard InChI is InChI=1S/C25H27N5O6/c1-14-19-20(23(33)29(22(19)32)13-15-5-3-2-4-6-15)25(36-24(34)35,30(14)12-11-18(26)31)17-9-7-16(8-10-17)21(27)28/h2-10,14,19-20H,11-13H2,1H3,(H2,26,31)(H3,27,28)(H,34,35). The lowest BCUT2D eigenvalue weighted by atomic mass is 9.83. The Morgan fingerprint density at radius 1 is 1.06 bits per heavy atom. The summed E-state index contributed by atoms with van der Waals surface area (Å²) in [6, 6.07) is 14.4. The lowest BCUT2D eigenvalue weighted by molar-refractivity contribution is -0.165. The third-order valence-electron chi connectivity index (χ3n) is 6.94. The number of amides is 3. The van der Waals surface area contributed by atoms with Crippen molar-refractivity contribution in [1.82, 2.24) is 9.80 Å². The summed E-state index contributed by atoms with van der Waals surface area (Å²) < 4.78 is 5.54. The number of likely N-dealkylation sites (tertiary alicyclic amines) is 2. The van der Waals surface area contributed by atoms with Crippen molar-refractivity contribution in [3.8, 4) is 0 Å². The number of hydrogen-bond acceptors (Lipinski definition) is 7. The third kappa shape index (κ3) is 4.07. The lowest BCUT2D eigenvalue weighted by Crippen LogP contribution is -2.54. The van der Waals surface area contributed by atoms with Crippen LogP contribution in [-0.4, -0.2) is 57.2 Å². The zero-order valence-corrected chi connectivity index (χ0v) is 19.6. The van der Waals surface area contributed by atoms with Crippen molar-refractivity contribution in [2.24, 2.45) is 23.3 Å². The molecule has 3 amide bonds. The fourth-order valence-electron chi connectivity index (χ4n) is 5.39. The Bertz CT molecular complexity index is 1220. The Labute approximate surface area is 207 Å². The van der Waals surface area contributed by atoms with Crippen LogP contribution in [0.2, 0.25) is 0 Å². The van der Waals surface area contributed by atoms with Crippen molar-refractivity contribution < 1.29 is 29.0 Å². The lowest BCUT2D eigenvalue weighted by Gasteiger charge is -2.41. The van der Waals surface area contributed by atoms with Gasteiger partial charge in [-0.2, -0.15) is 0 Å². The molecule has 4 atom stereocenters. The molecule has 0 aliphatic carbocycles. The molecule has 2 aromatic rings. The van der Waals surface area contributed by atoms with E-state index < -0.39 is 47.5 Å². The van der Waals surface area contributed by atoms with Crippen LogP contribution < -0.4 is 11.5 Å². The summed E-state index contributed by atoms with van der Waals surface area (Å²) in [7, 11) is 0. The maximum atomic E-state index is 13.8. The molecule has 188 valence electrons. The van der Waals surface area contributed by atoms with Crippen LogP contribution in [0.3, 0.4) is 0 Å². The summed E-state index contributed by atoms with van der Waals surface area (Å²) >= 11 is 0. The first-order valence-electron chi connectivity index (χ1n) is 11.4. The highest BCUT2D eigenvalue weighted by Crippen LogP contribution is 2.55. The average molecular weight is 494 g/mol. The van der Waals surface area contributed by atoms with Gasteiger partial charge in [-0.05, 0) is 12.5 Å². The van der Waals surface area contributed by atoms with Crippen LogP contribution in [-0.2, 0) is 31.4 Å².